The number of hydrogen-bond acceptors (Lipinski definition) is 7. The summed E-state index contributed by atoms with van der Waals surface area (Å²) >= 11 is 0. The zero-order chi connectivity index (χ0) is 22.9. The molecule has 34 heavy (non-hydrogen) atoms. The van der Waals surface area contributed by atoms with E-state index in [9.17, 15) is 0 Å². The first-order valence-electron chi connectivity index (χ1n) is 11.4. The van der Waals surface area contributed by atoms with E-state index in [0.29, 0.717) is 0 Å². The van der Waals surface area contributed by atoms with Crippen LogP contribution in [-0.2, 0) is 13.5 Å². The van der Waals surface area contributed by atoms with Gasteiger partial charge in [-0.15, -0.1) is 0 Å². The van der Waals surface area contributed by atoms with E-state index in [1.165, 1.54) is 5.56 Å². The third-order valence-corrected chi connectivity index (χ3v) is 6.22. The molecule has 6 rings (SSSR count). The molecule has 4 aromatic heterocycles. The van der Waals surface area contributed by atoms with Crippen LogP contribution in [0.5, 0.6) is 0 Å². The van der Waals surface area contributed by atoms with E-state index in [4.69, 9.17) is 4.98 Å². The molecule has 1 saturated heterocycles. The molecule has 0 radical (unpaired) electrons. The highest BCUT2D eigenvalue weighted by Crippen LogP contribution is 2.25. The number of rotatable bonds is 5. The van der Waals surface area contributed by atoms with Crippen molar-refractivity contribution < 1.29 is 0 Å². The molecule has 0 amide bonds. The summed E-state index contributed by atoms with van der Waals surface area (Å²) in [5, 5.41) is 8.80. The summed E-state index contributed by atoms with van der Waals surface area (Å²) in [6.07, 6.45) is 14.3. The third kappa shape index (κ3) is 3.96. The average molecular weight is 452 g/mol. The van der Waals surface area contributed by atoms with Gasteiger partial charge >= 0.3 is 0 Å². The molecule has 5 aromatic rings. The molecule has 9 heteroatoms. The minimum Gasteiger partial charge on any atom is -0.364 e. The van der Waals surface area contributed by atoms with Crippen molar-refractivity contribution in [3.8, 4) is 11.1 Å². The first-order chi connectivity index (χ1) is 16.7. The Morgan fingerprint density at radius 1 is 0.706 bits per heavy atom. The van der Waals surface area contributed by atoms with E-state index in [0.717, 1.165) is 66.6 Å². The fourth-order valence-electron chi connectivity index (χ4n) is 4.39. The van der Waals surface area contributed by atoms with Crippen molar-refractivity contribution in [2.75, 3.05) is 36.0 Å². The normalized spacial score (nSPS) is 14.1. The molecule has 1 aromatic carbocycles. The van der Waals surface area contributed by atoms with Gasteiger partial charge in [0.1, 0.15) is 5.69 Å². The quantitative estimate of drug-likeness (QED) is 0.406. The Morgan fingerprint density at radius 3 is 2.18 bits per heavy atom. The summed E-state index contributed by atoms with van der Waals surface area (Å²) in [4.78, 5) is 18.6. The minimum absolute atomic E-state index is 0.788. The summed E-state index contributed by atoms with van der Waals surface area (Å²) in [7, 11) is 1.91. The van der Waals surface area contributed by atoms with Crippen LogP contribution >= 0.6 is 0 Å². The number of benzene rings is 1. The van der Waals surface area contributed by atoms with Gasteiger partial charge in [-0.25, -0.2) is 19.5 Å². The van der Waals surface area contributed by atoms with Crippen LogP contribution in [0.1, 0.15) is 11.1 Å². The highest BCUT2D eigenvalue weighted by Gasteiger charge is 2.22. The Balaban J connectivity index is 1.12. The molecule has 5 heterocycles. The monoisotopic (exact) mass is 451 g/mol. The summed E-state index contributed by atoms with van der Waals surface area (Å²) in [5.74, 6) is 0.788. The Bertz CT molecular complexity index is 1400. The maximum absolute atomic E-state index is 4.71. The number of piperazine rings is 1. The van der Waals surface area contributed by atoms with E-state index >= 15 is 0 Å². The SMILES string of the molecule is Cn1cc(-c2cnc3c(N4CCN(c5ncc(Cc6ccccc6)cn5)CC4)cnn3c2)cn1. The van der Waals surface area contributed by atoms with Crippen molar-refractivity contribution in [1.29, 1.82) is 0 Å². The molecule has 1 aliphatic rings. The summed E-state index contributed by atoms with van der Waals surface area (Å²) in [5.41, 5.74) is 6.32. The van der Waals surface area contributed by atoms with Crippen LogP contribution in [0, 0.1) is 0 Å². The lowest BCUT2D eigenvalue weighted by Gasteiger charge is -2.35. The van der Waals surface area contributed by atoms with Crippen LogP contribution < -0.4 is 9.80 Å². The highest BCUT2D eigenvalue weighted by molar-refractivity contribution is 5.71. The van der Waals surface area contributed by atoms with Gasteiger partial charge < -0.3 is 9.80 Å². The second-order valence-electron chi connectivity index (χ2n) is 8.57. The van der Waals surface area contributed by atoms with Crippen LogP contribution in [0.15, 0.2) is 73.7 Å². The molecule has 1 aliphatic heterocycles. The Labute approximate surface area is 197 Å². The highest BCUT2D eigenvalue weighted by atomic mass is 15.3. The summed E-state index contributed by atoms with van der Waals surface area (Å²) < 4.78 is 3.63. The Hall–Kier alpha value is -4.27. The predicted octanol–water partition coefficient (Wildman–Crippen LogP) is 2.84. The van der Waals surface area contributed by atoms with Gasteiger partial charge in [-0.1, -0.05) is 30.3 Å². The first kappa shape index (κ1) is 20.3. The number of aryl methyl sites for hydroxylation is 1. The topological polar surface area (TPSA) is 80.3 Å². The van der Waals surface area contributed by atoms with Gasteiger partial charge in [-0.05, 0) is 11.1 Å². The molecule has 0 N–H and O–H groups in total. The minimum atomic E-state index is 0.788. The van der Waals surface area contributed by atoms with E-state index in [2.05, 4.69) is 54.2 Å². The summed E-state index contributed by atoms with van der Waals surface area (Å²) in [6, 6.07) is 10.4. The largest absolute Gasteiger partial charge is 0.364 e. The van der Waals surface area contributed by atoms with Crippen molar-refractivity contribution in [3.63, 3.8) is 0 Å². The lowest BCUT2D eigenvalue weighted by Crippen LogP contribution is -2.47. The zero-order valence-corrected chi connectivity index (χ0v) is 19.0. The number of hydrogen-bond donors (Lipinski definition) is 0. The van der Waals surface area contributed by atoms with E-state index < -0.39 is 0 Å². The van der Waals surface area contributed by atoms with Crippen LogP contribution in [0.4, 0.5) is 11.6 Å². The zero-order valence-electron chi connectivity index (χ0n) is 19.0. The number of fused-ring (bicyclic) bond motifs is 1. The molecule has 1 fully saturated rings. The average Bonchev–Trinajstić information content (AvgIpc) is 3.51. The molecule has 0 spiro atoms. The van der Waals surface area contributed by atoms with Crippen molar-refractivity contribution in [1.82, 2.24) is 34.3 Å². The lowest BCUT2D eigenvalue weighted by atomic mass is 10.1. The maximum Gasteiger partial charge on any atom is 0.225 e. The third-order valence-electron chi connectivity index (χ3n) is 6.22. The molecule has 0 bridgehead atoms. The fourth-order valence-corrected chi connectivity index (χ4v) is 4.39. The van der Waals surface area contributed by atoms with Crippen molar-refractivity contribution in [2.24, 2.45) is 7.05 Å². The van der Waals surface area contributed by atoms with Gasteiger partial charge in [0, 0.05) is 81.8 Å². The van der Waals surface area contributed by atoms with Crippen LogP contribution in [0.25, 0.3) is 16.8 Å². The van der Waals surface area contributed by atoms with Crippen LogP contribution in [-0.4, -0.2) is 60.5 Å². The predicted molar refractivity (Wildman–Crippen MR) is 131 cm³/mol. The van der Waals surface area contributed by atoms with Gasteiger partial charge in [0.2, 0.25) is 5.95 Å². The van der Waals surface area contributed by atoms with E-state index in [1.54, 1.807) is 4.68 Å². The number of nitrogens with zero attached hydrogens (tertiary/aromatic N) is 9. The molecular weight excluding hydrogens is 426 g/mol. The first-order valence-corrected chi connectivity index (χ1v) is 11.4. The molecule has 0 unspecified atom stereocenters. The van der Waals surface area contributed by atoms with Gasteiger partial charge in [0.25, 0.3) is 0 Å². The van der Waals surface area contributed by atoms with Crippen molar-refractivity contribution in [3.05, 3.63) is 84.8 Å². The second kappa shape index (κ2) is 8.58. The van der Waals surface area contributed by atoms with Gasteiger partial charge in [0.15, 0.2) is 5.65 Å². The van der Waals surface area contributed by atoms with E-state index in [-0.39, 0.29) is 0 Å². The maximum atomic E-state index is 4.71. The molecule has 0 atom stereocenters. The van der Waals surface area contributed by atoms with Crippen LogP contribution in [0.3, 0.4) is 0 Å². The van der Waals surface area contributed by atoms with Gasteiger partial charge in [-0.3, -0.25) is 4.68 Å². The fraction of sp³-hybridized carbons (Fsp3) is 0.240. The Kier molecular flexibility index (Phi) is 5.14. The standard InChI is InChI=1S/C25H25N9/c1-31-17-22(15-29-31)21-14-26-24-23(16-30-34(24)18-21)32-7-9-33(10-8-32)25-27-12-20(13-28-25)11-19-5-3-2-4-6-19/h2-6,12-18H,7-11H2,1H3. The lowest BCUT2D eigenvalue weighted by molar-refractivity contribution is 0.640. The number of anilines is 2. The molecule has 170 valence electrons. The molecular formula is C25H25N9. The van der Waals surface area contributed by atoms with Gasteiger partial charge in [0.05, 0.1) is 12.4 Å². The second-order valence-corrected chi connectivity index (χ2v) is 8.57. The van der Waals surface area contributed by atoms with Gasteiger partial charge in [-0.2, -0.15) is 10.2 Å². The van der Waals surface area contributed by atoms with Crippen LogP contribution in [0.2, 0.25) is 0 Å². The van der Waals surface area contributed by atoms with Crippen molar-refractivity contribution >= 4 is 17.3 Å². The Morgan fingerprint density at radius 2 is 1.44 bits per heavy atom. The summed E-state index contributed by atoms with van der Waals surface area (Å²) in [6.45, 7) is 3.43. The molecule has 0 saturated carbocycles. The van der Waals surface area contributed by atoms with Crippen molar-refractivity contribution in [2.45, 2.75) is 6.42 Å². The molecule has 9 nitrogen and oxygen atoms in total. The molecule has 0 aliphatic carbocycles. The number of aromatic nitrogens is 7. The smallest absolute Gasteiger partial charge is 0.225 e. The van der Waals surface area contributed by atoms with E-state index in [1.807, 2.05) is 61.0 Å².